The minimum atomic E-state index is 0.829. The summed E-state index contributed by atoms with van der Waals surface area (Å²) >= 11 is 0. The number of aliphatic imine (C=N–C) groups is 1. The van der Waals surface area contributed by atoms with Crippen LogP contribution in [0.1, 0.15) is 40.0 Å². The Morgan fingerprint density at radius 3 is 2.07 bits per heavy atom. The number of nitrogens with one attached hydrogen (secondary N) is 1. The van der Waals surface area contributed by atoms with Crippen LogP contribution in [-0.4, -0.2) is 30.5 Å². The fraction of sp³-hybridized carbons (Fsp3) is 0.900. The van der Waals surface area contributed by atoms with Gasteiger partial charge in [0.1, 0.15) is 0 Å². The monoisotopic (exact) mass is 200 g/mol. The third-order valence-corrected chi connectivity index (χ3v) is 1.90. The first-order chi connectivity index (χ1) is 6.79. The molecule has 3 N–H and O–H groups in total. The van der Waals surface area contributed by atoms with Crippen molar-refractivity contribution in [1.82, 2.24) is 10.3 Å². The maximum absolute atomic E-state index is 5.45. The summed E-state index contributed by atoms with van der Waals surface area (Å²) in [5, 5.41) is 0. The zero-order valence-electron chi connectivity index (χ0n) is 9.71. The summed E-state index contributed by atoms with van der Waals surface area (Å²) in [6.45, 7) is 9.31. The van der Waals surface area contributed by atoms with Gasteiger partial charge >= 0.3 is 0 Å². The summed E-state index contributed by atoms with van der Waals surface area (Å²) in [4.78, 5) is 6.61. The van der Waals surface area contributed by atoms with Crippen molar-refractivity contribution in [2.45, 2.75) is 40.0 Å². The van der Waals surface area contributed by atoms with Gasteiger partial charge in [0, 0.05) is 19.6 Å². The van der Waals surface area contributed by atoms with E-state index >= 15 is 0 Å². The van der Waals surface area contributed by atoms with Crippen molar-refractivity contribution >= 4 is 5.96 Å². The van der Waals surface area contributed by atoms with E-state index in [0.717, 1.165) is 44.9 Å². The molecule has 4 heteroatoms. The third-order valence-electron chi connectivity index (χ3n) is 1.90. The van der Waals surface area contributed by atoms with Gasteiger partial charge in [-0.05, 0) is 19.3 Å². The molecule has 0 fully saturated rings. The van der Waals surface area contributed by atoms with Gasteiger partial charge in [-0.15, -0.1) is 0 Å². The number of hydrogen-bond donors (Lipinski definition) is 2. The van der Waals surface area contributed by atoms with Gasteiger partial charge in [-0.2, -0.15) is 0 Å². The van der Waals surface area contributed by atoms with Gasteiger partial charge in [-0.3, -0.25) is 10.4 Å². The number of nitrogens with zero attached hydrogens (tertiary/aromatic N) is 2. The summed E-state index contributed by atoms with van der Waals surface area (Å²) in [6, 6.07) is 0. The van der Waals surface area contributed by atoms with Crippen molar-refractivity contribution in [1.29, 1.82) is 0 Å². The molecule has 0 aliphatic rings. The maximum atomic E-state index is 5.45. The van der Waals surface area contributed by atoms with Crippen molar-refractivity contribution in [3.8, 4) is 0 Å². The Hall–Kier alpha value is -0.770. The second-order valence-corrected chi connectivity index (χ2v) is 3.34. The highest BCUT2D eigenvalue weighted by Gasteiger charge is 2.06. The van der Waals surface area contributed by atoms with Crippen molar-refractivity contribution in [3.63, 3.8) is 0 Å². The normalized spacial score (nSPS) is 11.6. The lowest BCUT2D eigenvalue weighted by molar-refractivity contribution is 0.401. The van der Waals surface area contributed by atoms with Crippen LogP contribution in [0.15, 0.2) is 4.99 Å². The summed E-state index contributed by atoms with van der Waals surface area (Å²) in [7, 11) is 0. The minimum Gasteiger partial charge on any atom is -0.342 e. The first-order valence-electron chi connectivity index (χ1n) is 5.56. The Kier molecular flexibility index (Phi) is 8.33. The van der Waals surface area contributed by atoms with E-state index in [4.69, 9.17) is 5.84 Å². The zero-order valence-corrected chi connectivity index (χ0v) is 9.71. The molecule has 84 valence electrons. The van der Waals surface area contributed by atoms with Crippen molar-refractivity contribution in [2.24, 2.45) is 10.8 Å². The molecule has 4 nitrogen and oxygen atoms in total. The molecule has 0 rings (SSSR count). The number of rotatable bonds is 6. The largest absolute Gasteiger partial charge is 0.342 e. The zero-order chi connectivity index (χ0) is 10.8. The standard InChI is InChI=1S/C10H24N4/c1-4-7-12-10(13-11)14(8-5-2)9-6-3/h4-9,11H2,1-3H3,(H,12,13). The van der Waals surface area contributed by atoms with Crippen LogP contribution in [-0.2, 0) is 0 Å². The molecule has 0 aromatic rings. The van der Waals surface area contributed by atoms with E-state index in [0.29, 0.717) is 0 Å². The van der Waals surface area contributed by atoms with Crippen LogP contribution in [0.4, 0.5) is 0 Å². The topological polar surface area (TPSA) is 53.6 Å². The summed E-state index contributed by atoms with van der Waals surface area (Å²) < 4.78 is 0. The van der Waals surface area contributed by atoms with E-state index in [2.05, 4.69) is 36.1 Å². The Bertz CT molecular complexity index is 150. The molecule has 0 aliphatic heterocycles. The molecular weight excluding hydrogens is 176 g/mol. The first-order valence-corrected chi connectivity index (χ1v) is 5.56. The molecule has 0 heterocycles. The molecule has 0 bridgehead atoms. The van der Waals surface area contributed by atoms with E-state index in [-0.39, 0.29) is 0 Å². The van der Waals surface area contributed by atoms with E-state index in [1.54, 1.807) is 0 Å². The fourth-order valence-corrected chi connectivity index (χ4v) is 1.32. The van der Waals surface area contributed by atoms with Crippen LogP contribution >= 0.6 is 0 Å². The maximum Gasteiger partial charge on any atom is 0.208 e. The molecule has 0 amide bonds. The number of hydrogen-bond acceptors (Lipinski definition) is 2. The van der Waals surface area contributed by atoms with E-state index < -0.39 is 0 Å². The smallest absolute Gasteiger partial charge is 0.208 e. The lowest BCUT2D eigenvalue weighted by atomic mass is 10.4. The Balaban J connectivity index is 4.24. The second kappa shape index (κ2) is 8.81. The average molecular weight is 200 g/mol. The molecule has 0 saturated heterocycles. The first kappa shape index (κ1) is 13.2. The van der Waals surface area contributed by atoms with Gasteiger partial charge in [0.15, 0.2) is 0 Å². The van der Waals surface area contributed by atoms with Gasteiger partial charge in [0.2, 0.25) is 5.96 Å². The highest BCUT2D eigenvalue weighted by Crippen LogP contribution is 1.95. The van der Waals surface area contributed by atoms with Crippen LogP contribution in [0.5, 0.6) is 0 Å². The third kappa shape index (κ3) is 5.07. The highest BCUT2D eigenvalue weighted by atomic mass is 15.4. The van der Waals surface area contributed by atoms with Gasteiger partial charge < -0.3 is 4.90 Å². The molecule has 0 aliphatic carbocycles. The Labute approximate surface area is 87.5 Å². The quantitative estimate of drug-likeness (QED) is 0.294. The van der Waals surface area contributed by atoms with Crippen LogP contribution in [0.2, 0.25) is 0 Å². The molecule has 0 spiro atoms. The lowest BCUT2D eigenvalue weighted by Crippen LogP contribution is -2.45. The molecule has 14 heavy (non-hydrogen) atoms. The van der Waals surface area contributed by atoms with E-state index in [1.807, 2.05) is 0 Å². The lowest BCUT2D eigenvalue weighted by Gasteiger charge is -2.24. The van der Waals surface area contributed by atoms with Crippen LogP contribution < -0.4 is 11.3 Å². The van der Waals surface area contributed by atoms with Gasteiger partial charge in [-0.1, -0.05) is 20.8 Å². The summed E-state index contributed by atoms with van der Waals surface area (Å²) in [5.41, 5.74) is 2.68. The summed E-state index contributed by atoms with van der Waals surface area (Å²) in [5.74, 6) is 6.28. The molecular formula is C10H24N4. The highest BCUT2D eigenvalue weighted by molar-refractivity contribution is 5.79. The van der Waals surface area contributed by atoms with E-state index in [1.165, 1.54) is 0 Å². The van der Waals surface area contributed by atoms with Crippen molar-refractivity contribution in [2.75, 3.05) is 19.6 Å². The molecule has 0 aromatic heterocycles. The SMILES string of the molecule is CCCN=C(NN)N(CCC)CCC. The van der Waals surface area contributed by atoms with E-state index in [9.17, 15) is 0 Å². The molecule has 0 radical (unpaired) electrons. The van der Waals surface area contributed by atoms with Gasteiger partial charge in [0.25, 0.3) is 0 Å². The predicted octanol–water partition coefficient (Wildman–Crippen LogP) is 1.34. The fourth-order valence-electron chi connectivity index (χ4n) is 1.32. The van der Waals surface area contributed by atoms with Crippen LogP contribution in [0, 0.1) is 0 Å². The summed E-state index contributed by atoms with van der Waals surface area (Å²) in [6.07, 6.45) is 3.29. The van der Waals surface area contributed by atoms with Crippen LogP contribution in [0.3, 0.4) is 0 Å². The Morgan fingerprint density at radius 1 is 1.14 bits per heavy atom. The number of hydrazine groups is 1. The van der Waals surface area contributed by atoms with Crippen molar-refractivity contribution < 1.29 is 0 Å². The van der Waals surface area contributed by atoms with Gasteiger partial charge in [-0.25, -0.2) is 5.84 Å². The molecule has 0 aromatic carbocycles. The predicted molar refractivity (Wildman–Crippen MR) is 62.1 cm³/mol. The van der Waals surface area contributed by atoms with Crippen LogP contribution in [0.25, 0.3) is 0 Å². The number of guanidine groups is 1. The average Bonchev–Trinajstić information content (AvgIpc) is 2.19. The number of nitrogens with two attached hydrogens (primary N) is 1. The van der Waals surface area contributed by atoms with Gasteiger partial charge in [0.05, 0.1) is 0 Å². The molecule has 0 unspecified atom stereocenters. The Morgan fingerprint density at radius 2 is 1.71 bits per heavy atom. The van der Waals surface area contributed by atoms with Crippen molar-refractivity contribution in [3.05, 3.63) is 0 Å². The molecule has 0 atom stereocenters. The molecule has 0 saturated carbocycles. The second-order valence-electron chi connectivity index (χ2n) is 3.34. The minimum absolute atomic E-state index is 0.829.